The van der Waals surface area contributed by atoms with Crippen LogP contribution in [0.1, 0.15) is 12.8 Å². The number of hydrogen-bond donors (Lipinski definition) is 2. The fourth-order valence-electron chi connectivity index (χ4n) is 2.52. The molecule has 1 aliphatic rings. The summed E-state index contributed by atoms with van der Waals surface area (Å²) in [6.07, 6.45) is -4.02. The van der Waals surface area contributed by atoms with Crippen LogP contribution in [0.25, 0.3) is 0 Å². The molecule has 1 amide bonds. The fourth-order valence-corrected chi connectivity index (χ4v) is 2.52. The van der Waals surface area contributed by atoms with Crippen LogP contribution in [0.5, 0.6) is 0 Å². The van der Waals surface area contributed by atoms with Gasteiger partial charge in [0.25, 0.3) is 0 Å². The Morgan fingerprint density at radius 3 is 2.33 bits per heavy atom. The normalized spacial score (nSPS) is 18.3. The summed E-state index contributed by atoms with van der Waals surface area (Å²) in [5, 5.41) is 11.8. The maximum Gasteiger partial charge on any atom is 0.406 e. The first-order chi connectivity index (χ1) is 9.70. The highest BCUT2D eigenvalue weighted by Gasteiger charge is 2.45. The van der Waals surface area contributed by atoms with Crippen molar-refractivity contribution in [3.63, 3.8) is 0 Å². The van der Waals surface area contributed by atoms with E-state index >= 15 is 0 Å². The molecule has 0 unspecified atom stereocenters. The number of carboxylic acid groups (broad SMARTS) is 1. The molecule has 2 N–H and O–H groups in total. The van der Waals surface area contributed by atoms with Crippen molar-refractivity contribution < 1.29 is 32.6 Å². The molecule has 0 radical (unpaired) electrons. The Balaban J connectivity index is 2.96. The molecule has 1 heterocycles. The predicted octanol–water partition coefficient (Wildman–Crippen LogP) is 0.478. The topological polar surface area (TPSA) is 78.9 Å². The number of amides is 1. The first kappa shape index (κ1) is 17.7. The minimum absolute atomic E-state index is 0.0263. The molecular formula is C12H19F3N2O4. The van der Waals surface area contributed by atoms with Crippen molar-refractivity contribution in [3.05, 3.63) is 0 Å². The van der Waals surface area contributed by atoms with Gasteiger partial charge in [0.15, 0.2) is 0 Å². The Labute approximate surface area is 120 Å². The van der Waals surface area contributed by atoms with E-state index in [1.54, 1.807) is 0 Å². The van der Waals surface area contributed by atoms with Gasteiger partial charge >= 0.3 is 12.1 Å². The summed E-state index contributed by atoms with van der Waals surface area (Å²) in [7, 11) is 1.36. The van der Waals surface area contributed by atoms with Crippen LogP contribution in [0.15, 0.2) is 0 Å². The molecule has 1 aliphatic heterocycles. The summed E-state index contributed by atoms with van der Waals surface area (Å²) in [6.45, 7) is -1.63. The molecule has 0 aliphatic carbocycles. The van der Waals surface area contributed by atoms with E-state index in [1.165, 1.54) is 7.11 Å². The first-order valence-electron chi connectivity index (χ1n) is 6.48. The first-order valence-corrected chi connectivity index (χ1v) is 6.48. The molecular weight excluding hydrogens is 293 g/mol. The lowest BCUT2D eigenvalue weighted by molar-refractivity contribution is -0.174. The maximum absolute atomic E-state index is 12.6. The number of nitrogens with one attached hydrogen (secondary N) is 1. The van der Waals surface area contributed by atoms with Crippen LogP contribution in [0.2, 0.25) is 0 Å². The Hall–Kier alpha value is -1.35. The van der Waals surface area contributed by atoms with Crippen LogP contribution in [0, 0.1) is 5.41 Å². The standard InChI is InChI=1S/C12H19F3N2O4/c1-21-8-11(2-4-16-5-3-11)10(20)17(6-9(18)19)7-12(13,14)15/h16H,2-8H2,1H3,(H,18,19). The second kappa shape index (κ2) is 7.08. The molecule has 21 heavy (non-hydrogen) atoms. The molecule has 0 spiro atoms. The van der Waals surface area contributed by atoms with Crippen molar-refractivity contribution in [3.8, 4) is 0 Å². The van der Waals surface area contributed by atoms with Crippen molar-refractivity contribution in [1.29, 1.82) is 0 Å². The van der Waals surface area contributed by atoms with Crippen LogP contribution in [-0.2, 0) is 14.3 Å². The lowest BCUT2D eigenvalue weighted by Gasteiger charge is -2.39. The molecule has 0 saturated carbocycles. The average Bonchev–Trinajstić information content (AvgIpc) is 2.36. The van der Waals surface area contributed by atoms with Crippen molar-refractivity contribution in [2.45, 2.75) is 19.0 Å². The maximum atomic E-state index is 12.6. The third-order valence-corrected chi connectivity index (χ3v) is 3.42. The van der Waals surface area contributed by atoms with Gasteiger partial charge in [-0.1, -0.05) is 0 Å². The smallest absolute Gasteiger partial charge is 0.406 e. The van der Waals surface area contributed by atoms with Crippen molar-refractivity contribution in [1.82, 2.24) is 10.2 Å². The zero-order valence-electron chi connectivity index (χ0n) is 11.7. The highest BCUT2D eigenvalue weighted by Crippen LogP contribution is 2.32. The summed E-state index contributed by atoms with van der Waals surface area (Å²) in [6, 6.07) is 0. The largest absolute Gasteiger partial charge is 0.480 e. The fraction of sp³-hybridized carbons (Fsp3) is 0.833. The van der Waals surface area contributed by atoms with Gasteiger partial charge < -0.3 is 20.1 Å². The Morgan fingerprint density at radius 2 is 1.90 bits per heavy atom. The third-order valence-electron chi connectivity index (χ3n) is 3.42. The van der Waals surface area contributed by atoms with Gasteiger partial charge in [-0.15, -0.1) is 0 Å². The summed E-state index contributed by atoms with van der Waals surface area (Å²) in [4.78, 5) is 23.6. The number of carbonyl (C=O) groups excluding carboxylic acids is 1. The van der Waals surface area contributed by atoms with E-state index in [9.17, 15) is 22.8 Å². The minimum atomic E-state index is -4.65. The van der Waals surface area contributed by atoms with Crippen LogP contribution < -0.4 is 5.32 Å². The number of carbonyl (C=O) groups is 2. The van der Waals surface area contributed by atoms with Gasteiger partial charge in [-0.3, -0.25) is 9.59 Å². The molecule has 1 rings (SSSR count). The number of halogens is 3. The Bertz CT molecular complexity index is 376. The van der Waals surface area contributed by atoms with Gasteiger partial charge in [0.05, 0.1) is 12.0 Å². The monoisotopic (exact) mass is 312 g/mol. The average molecular weight is 312 g/mol. The molecule has 0 aromatic heterocycles. The molecule has 0 aromatic rings. The number of nitrogens with zero attached hydrogens (tertiary/aromatic N) is 1. The van der Waals surface area contributed by atoms with Crippen molar-refractivity contribution in [2.24, 2.45) is 5.41 Å². The van der Waals surface area contributed by atoms with Gasteiger partial charge in [0, 0.05) is 7.11 Å². The molecule has 0 bridgehead atoms. The van der Waals surface area contributed by atoms with Crippen molar-refractivity contribution >= 4 is 11.9 Å². The number of ether oxygens (including phenoxy) is 1. The van der Waals surface area contributed by atoms with E-state index in [0.29, 0.717) is 30.8 Å². The van der Waals surface area contributed by atoms with E-state index in [1.807, 2.05) is 0 Å². The van der Waals surface area contributed by atoms with Crippen LogP contribution in [-0.4, -0.2) is 68.0 Å². The van der Waals surface area contributed by atoms with E-state index in [2.05, 4.69) is 5.32 Å². The number of rotatable bonds is 6. The molecule has 1 saturated heterocycles. The quantitative estimate of drug-likeness (QED) is 0.746. The number of carboxylic acids is 1. The lowest BCUT2D eigenvalue weighted by Crippen LogP contribution is -2.54. The number of alkyl halides is 3. The molecule has 0 atom stereocenters. The van der Waals surface area contributed by atoms with E-state index in [-0.39, 0.29) is 6.61 Å². The van der Waals surface area contributed by atoms with Gasteiger partial charge in [0.2, 0.25) is 5.91 Å². The van der Waals surface area contributed by atoms with Crippen LogP contribution >= 0.6 is 0 Å². The van der Waals surface area contributed by atoms with E-state index < -0.39 is 36.6 Å². The number of piperidine rings is 1. The number of methoxy groups -OCH3 is 1. The van der Waals surface area contributed by atoms with Gasteiger partial charge in [-0.2, -0.15) is 13.2 Å². The second-order valence-corrected chi connectivity index (χ2v) is 5.13. The predicted molar refractivity (Wildman–Crippen MR) is 66.7 cm³/mol. The van der Waals surface area contributed by atoms with Crippen LogP contribution in [0.4, 0.5) is 13.2 Å². The van der Waals surface area contributed by atoms with E-state index in [0.717, 1.165) is 0 Å². The SMILES string of the molecule is COCC1(C(=O)N(CC(=O)O)CC(F)(F)F)CCNCC1. The molecule has 122 valence electrons. The summed E-state index contributed by atoms with van der Waals surface area (Å²) in [5.41, 5.74) is -1.10. The zero-order valence-corrected chi connectivity index (χ0v) is 11.7. The van der Waals surface area contributed by atoms with Crippen LogP contribution in [0.3, 0.4) is 0 Å². The van der Waals surface area contributed by atoms with E-state index in [4.69, 9.17) is 9.84 Å². The Kier molecular flexibility index (Phi) is 5.97. The molecule has 1 fully saturated rings. The van der Waals surface area contributed by atoms with Crippen molar-refractivity contribution in [2.75, 3.05) is 39.9 Å². The second-order valence-electron chi connectivity index (χ2n) is 5.13. The minimum Gasteiger partial charge on any atom is -0.480 e. The highest BCUT2D eigenvalue weighted by atomic mass is 19.4. The van der Waals surface area contributed by atoms with Gasteiger partial charge in [-0.25, -0.2) is 0 Å². The third kappa shape index (κ3) is 5.16. The summed E-state index contributed by atoms with van der Waals surface area (Å²) < 4.78 is 42.7. The molecule has 6 nitrogen and oxygen atoms in total. The van der Waals surface area contributed by atoms with Gasteiger partial charge in [-0.05, 0) is 25.9 Å². The number of aliphatic carboxylic acids is 1. The lowest BCUT2D eigenvalue weighted by atomic mass is 9.78. The number of hydrogen-bond acceptors (Lipinski definition) is 4. The summed E-state index contributed by atoms with van der Waals surface area (Å²) in [5.74, 6) is -2.29. The summed E-state index contributed by atoms with van der Waals surface area (Å²) >= 11 is 0. The zero-order chi connectivity index (χ0) is 16.1. The Morgan fingerprint density at radius 1 is 1.33 bits per heavy atom. The molecule has 9 heteroatoms. The highest BCUT2D eigenvalue weighted by molar-refractivity contribution is 5.86. The van der Waals surface area contributed by atoms with Gasteiger partial charge in [0.1, 0.15) is 13.1 Å². The molecule has 0 aromatic carbocycles.